The molecule has 0 saturated heterocycles. The summed E-state index contributed by atoms with van der Waals surface area (Å²) in [5.41, 5.74) is 1.20. The molecule has 1 aromatic rings. The largest absolute Gasteiger partial charge is 0.388 e. The van der Waals surface area contributed by atoms with Gasteiger partial charge in [0, 0.05) is 12.1 Å². The van der Waals surface area contributed by atoms with Crippen LogP contribution in [0.1, 0.15) is 24.2 Å². The normalized spacial score (nSPS) is 17.0. The molecular formula is C19H23N3O3. The van der Waals surface area contributed by atoms with Crippen molar-refractivity contribution in [3.8, 4) is 0 Å². The van der Waals surface area contributed by atoms with E-state index in [4.69, 9.17) is 0 Å². The Bertz CT molecular complexity index is 745. The van der Waals surface area contributed by atoms with Crippen LogP contribution >= 0.6 is 0 Å². The van der Waals surface area contributed by atoms with E-state index >= 15 is 0 Å². The third-order valence-corrected chi connectivity index (χ3v) is 3.86. The van der Waals surface area contributed by atoms with E-state index in [1.165, 1.54) is 0 Å². The summed E-state index contributed by atoms with van der Waals surface area (Å²) in [7, 11) is 0. The van der Waals surface area contributed by atoms with Crippen LogP contribution in [0.2, 0.25) is 0 Å². The maximum Gasteiger partial charge on any atom is 0.251 e. The molecule has 0 radical (unpaired) electrons. The minimum atomic E-state index is -1.21. The number of carbonyl (C=O) groups is 2. The van der Waals surface area contributed by atoms with Gasteiger partial charge >= 0.3 is 0 Å². The fraction of sp³-hybridized carbons (Fsp3) is 0.263. The molecule has 6 heteroatoms. The lowest BCUT2D eigenvalue weighted by Gasteiger charge is -2.34. The van der Waals surface area contributed by atoms with Gasteiger partial charge in [0.25, 0.3) is 5.91 Å². The van der Waals surface area contributed by atoms with Gasteiger partial charge in [-0.3, -0.25) is 9.59 Å². The molecule has 0 aliphatic carbocycles. The van der Waals surface area contributed by atoms with Crippen molar-refractivity contribution >= 4 is 23.2 Å². The van der Waals surface area contributed by atoms with Gasteiger partial charge in [0.15, 0.2) is 0 Å². The molecule has 1 atom stereocenters. The average molecular weight is 341 g/mol. The quantitative estimate of drug-likeness (QED) is 0.597. The molecule has 0 aromatic heterocycles. The summed E-state index contributed by atoms with van der Waals surface area (Å²) in [4.78, 5) is 24.4. The molecule has 2 amide bonds. The number of anilines is 2. The van der Waals surface area contributed by atoms with Crippen LogP contribution in [0.25, 0.3) is 0 Å². The molecule has 2 rings (SSSR count). The topological polar surface area (TPSA) is 90.5 Å². The fourth-order valence-corrected chi connectivity index (χ4v) is 2.47. The van der Waals surface area contributed by atoms with E-state index in [0.29, 0.717) is 23.5 Å². The van der Waals surface area contributed by atoms with E-state index < -0.39 is 11.6 Å². The highest BCUT2D eigenvalue weighted by atomic mass is 16.3. The zero-order chi connectivity index (χ0) is 18.6. The molecule has 1 aromatic carbocycles. The monoisotopic (exact) mass is 341 g/mol. The first-order chi connectivity index (χ1) is 11.8. The maximum absolute atomic E-state index is 12.3. The van der Waals surface area contributed by atoms with Crippen LogP contribution < -0.4 is 16.0 Å². The Balaban J connectivity index is 2.14. The van der Waals surface area contributed by atoms with Crippen LogP contribution in [-0.2, 0) is 4.79 Å². The van der Waals surface area contributed by atoms with Gasteiger partial charge in [0.05, 0.1) is 17.0 Å². The van der Waals surface area contributed by atoms with Crippen LogP contribution in [0.15, 0.2) is 55.2 Å². The number of fused-ring (bicyclic) bond motifs is 1. The van der Waals surface area contributed by atoms with Gasteiger partial charge < -0.3 is 21.1 Å². The molecule has 0 fully saturated rings. The summed E-state index contributed by atoms with van der Waals surface area (Å²) < 4.78 is 0. The second-order valence-corrected chi connectivity index (χ2v) is 6.34. The predicted molar refractivity (Wildman–Crippen MR) is 99.6 cm³/mol. The van der Waals surface area contributed by atoms with Gasteiger partial charge in [-0.15, -0.1) is 0 Å². The molecule has 1 unspecified atom stereocenters. The van der Waals surface area contributed by atoms with E-state index in [9.17, 15) is 14.7 Å². The number of nitrogens with one attached hydrogen (secondary N) is 3. The first-order valence-corrected chi connectivity index (χ1v) is 7.92. The minimum Gasteiger partial charge on any atom is -0.388 e. The van der Waals surface area contributed by atoms with Crippen molar-refractivity contribution in [1.82, 2.24) is 5.32 Å². The lowest BCUT2D eigenvalue weighted by atomic mass is 9.95. The third-order valence-electron chi connectivity index (χ3n) is 3.86. The number of aliphatic hydroxyl groups is 1. The number of amides is 2. The van der Waals surface area contributed by atoms with Crippen molar-refractivity contribution in [1.29, 1.82) is 0 Å². The third kappa shape index (κ3) is 4.36. The van der Waals surface area contributed by atoms with Crippen LogP contribution in [0.4, 0.5) is 11.4 Å². The van der Waals surface area contributed by atoms with Gasteiger partial charge in [0.2, 0.25) is 5.91 Å². The number of benzene rings is 1. The molecule has 1 heterocycles. The number of rotatable bonds is 6. The molecular weight excluding hydrogens is 318 g/mol. The summed E-state index contributed by atoms with van der Waals surface area (Å²) in [5.74, 6) is -0.612. The van der Waals surface area contributed by atoms with E-state index in [1.807, 2.05) is 0 Å². The molecule has 0 bridgehead atoms. The second-order valence-electron chi connectivity index (χ2n) is 6.34. The molecule has 0 spiro atoms. The van der Waals surface area contributed by atoms with Gasteiger partial charge in [-0.05, 0) is 37.6 Å². The summed E-state index contributed by atoms with van der Waals surface area (Å²) in [6, 6.07) is 4.20. The standard InChI is InChI=1S/C19H23N3O3/c1-5-7-12(6-2)11-20-17(23)13-8-9-14-15(10-13)22-18(24)16(21-14)19(3,4)25/h5-10,16,21,25H,1-2,11H2,3-4H3,(H,20,23)(H,22,24)/b12-7+. The Labute approximate surface area is 147 Å². The number of allylic oxidation sites excluding steroid dienone is 2. The average Bonchev–Trinajstić information content (AvgIpc) is 2.56. The second kappa shape index (κ2) is 7.36. The van der Waals surface area contributed by atoms with Crippen LogP contribution in [0, 0.1) is 0 Å². The highest BCUT2D eigenvalue weighted by molar-refractivity contribution is 6.05. The summed E-state index contributed by atoms with van der Waals surface area (Å²) in [6.07, 6.45) is 5.04. The SMILES string of the molecule is C=C/C=C(\C=C)CNC(=O)c1ccc2c(c1)NC(=O)C(C(C)(C)O)N2. The molecule has 0 saturated carbocycles. The number of carbonyl (C=O) groups excluding carboxylic acids is 2. The van der Waals surface area contributed by atoms with Crippen molar-refractivity contribution in [2.24, 2.45) is 0 Å². The Kier molecular flexibility index (Phi) is 5.44. The Morgan fingerprint density at radius 3 is 2.68 bits per heavy atom. The van der Waals surface area contributed by atoms with Gasteiger partial charge in [-0.2, -0.15) is 0 Å². The van der Waals surface area contributed by atoms with Gasteiger partial charge in [-0.25, -0.2) is 0 Å². The Morgan fingerprint density at radius 1 is 1.36 bits per heavy atom. The van der Waals surface area contributed by atoms with Crippen LogP contribution in [0.5, 0.6) is 0 Å². The van der Waals surface area contributed by atoms with E-state index in [-0.39, 0.29) is 11.8 Å². The molecule has 4 N–H and O–H groups in total. The fourth-order valence-electron chi connectivity index (χ4n) is 2.47. The molecule has 1 aliphatic rings. The Morgan fingerprint density at radius 2 is 2.08 bits per heavy atom. The van der Waals surface area contributed by atoms with Crippen molar-refractivity contribution in [3.05, 3.63) is 60.7 Å². The first-order valence-electron chi connectivity index (χ1n) is 7.92. The Hall–Kier alpha value is -2.86. The van der Waals surface area contributed by atoms with E-state index in [2.05, 4.69) is 29.1 Å². The highest BCUT2D eigenvalue weighted by Crippen LogP contribution is 2.30. The highest BCUT2D eigenvalue weighted by Gasteiger charge is 2.36. The van der Waals surface area contributed by atoms with E-state index in [0.717, 1.165) is 5.57 Å². The molecule has 1 aliphatic heterocycles. The van der Waals surface area contributed by atoms with Crippen LogP contribution in [0.3, 0.4) is 0 Å². The maximum atomic E-state index is 12.3. The lowest BCUT2D eigenvalue weighted by molar-refractivity contribution is -0.121. The van der Waals surface area contributed by atoms with Crippen molar-refractivity contribution in [2.75, 3.05) is 17.2 Å². The molecule has 132 valence electrons. The van der Waals surface area contributed by atoms with Crippen molar-refractivity contribution in [2.45, 2.75) is 25.5 Å². The minimum absolute atomic E-state index is 0.265. The lowest BCUT2D eigenvalue weighted by Crippen LogP contribution is -2.52. The van der Waals surface area contributed by atoms with Crippen LogP contribution in [-0.4, -0.2) is 35.1 Å². The zero-order valence-electron chi connectivity index (χ0n) is 14.4. The summed E-state index contributed by atoms with van der Waals surface area (Å²) in [6.45, 7) is 10.7. The van der Waals surface area contributed by atoms with Crippen molar-refractivity contribution < 1.29 is 14.7 Å². The molecule has 25 heavy (non-hydrogen) atoms. The molecule has 6 nitrogen and oxygen atoms in total. The summed E-state index contributed by atoms with van der Waals surface area (Å²) in [5, 5.41) is 18.6. The van der Waals surface area contributed by atoms with Gasteiger partial charge in [-0.1, -0.05) is 31.4 Å². The summed E-state index contributed by atoms with van der Waals surface area (Å²) >= 11 is 0. The first kappa shape index (κ1) is 18.5. The number of hydrogen-bond donors (Lipinski definition) is 4. The van der Waals surface area contributed by atoms with E-state index in [1.54, 1.807) is 50.3 Å². The van der Waals surface area contributed by atoms with Gasteiger partial charge in [0.1, 0.15) is 6.04 Å². The predicted octanol–water partition coefficient (Wildman–Crippen LogP) is 2.22. The zero-order valence-corrected chi connectivity index (χ0v) is 14.4. The van der Waals surface area contributed by atoms with Crippen molar-refractivity contribution in [3.63, 3.8) is 0 Å². The number of hydrogen-bond acceptors (Lipinski definition) is 4. The smallest absolute Gasteiger partial charge is 0.251 e.